The Labute approximate surface area is 108 Å². The highest BCUT2D eigenvalue weighted by atomic mass is 16.5. The molecule has 1 fully saturated rings. The number of carbonyl (C=O) groups excluding carboxylic acids is 1. The highest BCUT2D eigenvalue weighted by molar-refractivity contribution is 5.76. The third-order valence-corrected chi connectivity index (χ3v) is 3.30. The van der Waals surface area contributed by atoms with Crippen molar-refractivity contribution in [2.75, 3.05) is 19.7 Å². The Morgan fingerprint density at radius 1 is 1.56 bits per heavy atom. The molecule has 2 heterocycles. The second kappa shape index (κ2) is 6.50. The van der Waals surface area contributed by atoms with E-state index in [0.29, 0.717) is 6.61 Å². The number of hydrogen-bond donors (Lipinski definition) is 0. The molecule has 0 radical (unpaired) electrons. The topological polar surface area (TPSA) is 42.4 Å². The number of rotatable bonds is 5. The van der Waals surface area contributed by atoms with Gasteiger partial charge in [0.15, 0.2) is 0 Å². The van der Waals surface area contributed by atoms with E-state index < -0.39 is 0 Å². The molecule has 0 aromatic carbocycles. The molecule has 0 amide bonds. The molecule has 0 saturated carbocycles. The van der Waals surface area contributed by atoms with Crippen LogP contribution in [0.1, 0.15) is 25.5 Å². The third-order valence-electron chi connectivity index (χ3n) is 3.30. The van der Waals surface area contributed by atoms with Gasteiger partial charge in [-0.3, -0.25) is 14.7 Å². The Morgan fingerprint density at radius 2 is 2.44 bits per heavy atom. The Bertz CT molecular complexity index is 381. The van der Waals surface area contributed by atoms with Crippen molar-refractivity contribution in [3.05, 3.63) is 30.1 Å². The summed E-state index contributed by atoms with van der Waals surface area (Å²) in [5.74, 6) is -0.0731. The summed E-state index contributed by atoms with van der Waals surface area (Å²) in [6.07, 6.45) is 4.69. The van der Waals surface area contributed by atoms with Crippen LogP contribution in [0.5, 0.6) is 0 Å². The standard InChI is InChI=1S/C14H20N2O2/c1-2-18-14(17)13-7-5-10-16(13)11-8-12-6-3-4-9-15-12/h3-4,6,9,13H,2,5,7-8,10-11H2,1H3. The number of nitrogens with zero attached hydrogens (tertiary/aromatic N) is 2. The highest BCUT2D eigenvalue weighted by Crippen LogP contribution is 2.18. The van der Waals surface area contributed by atoms with Gasteiger partial charge in [-0.15, -0.1) is 0 Å². The maximum atomic E-state index is 11.8. The van der Waals surface area contributed by atoms with E-state index in [1.807, 2.05) is 31.3 Å². The first-order valence-electron chi connectivity index (χ1n) is 6.62. The Balaban J connectivity index is 1.86. The van der Waals surface area contributed by atoms with Crippen LogP contribution in [0.4, 0.5) is 0 Å². The van der Waals surface area contributed by atoms with E-state index in [2.05, 4.69) is 9.88 Å². The number of likely N-dealkylation sites (tertiary alicyclic amines) is 1. The zero-order chi connectivity index (χ0) is 12.8. The summed E-state index contributed by atoms with van der Waals surface area (Å²) in [7, 11) is 0. The van der Waals surface area contributed by atoms with Gasteiger partial charge in [-0.05, 0) is 38.4 Å². The molecule has 1 saturated heterocycles. The van der Waals surface area contributed by atoms with Crippen LogP contribution in [0, 0.1) is 0 Å². The van der Waals surface area contributed by atoms with Crippen molar-refractivity contribution in [1.29, 1.82) is 0 Å². The van der Waals surface area contributed by atoms with Gasteiger partial charge < -0.3 is 4.74 Å². The molecule has 0 N–H and O–H groups in total. The fraction of sp³-hybridized carbons (Fsp3) is 0.571. The molecule has 0 aliphatic carbocycles. The van der Waals surface area contributed by atoms with E-state index in [-0.39, 0.29) is 12.0 Å². The van der Waals surface area contributed by atoms with Crippen LogP contribution < -0.4 is 0 Å². The van der Waals surface area contributed by atoms with E-state index in [1.54, 1.807) is 0 Å². The van der Waals surface area contributed by atoms with E-state index in [4.69, 9.17) is 4.74 Å². The molecular weight excluding hydrogens is 228 g/mol. The lowest BCUT2D eigenvalue weighted by atomic mass is 10.2. The number of carbonyl (C=O) groups is 1. The number of aromatic nitrogens is 1. The summed E-state index contributed by atoms with van der Waals surface area (Å²) in [4.78, 5) is 18.3. The fourth-order valence-corrected chi connectivity index (χ4v) is 2.40. The predicted octanol–water partition coefficient (Wildman–Crippen LogP) is 1.65. The van der Waals surface area contributed by atoms with Crippen LogP contribution in [-0.2, 0) is 16.0 Å². The molecule has 0 bridgehead atoms. The number of hydrogen-bond acceptors (Lipinski definition) is 4. The zero-order valence-corrected chi connectivity index (χ0v) is 10.8. The van der Waals surface area contributed by atoms with E-state index in [1.165, 1.54) is 0 Å². The van der Waals surface area contributed by atoms with Crippen molar-refractivity contribution in [2.24, 2.45) is 0 Å². The Morgan fingerprint density at radius 3 is 3.17 bits per heavy atom. The Hall–Kier alpha value is -1.42. The van der Waals surface area contributed by atoms with Crippen molar-refractivity contribution in [3.63, 3.8) is 0 Å². The van der Waals surface area contributed by atoms with Crippen molar-refractivity contribution in [1.82, 2.24) is 9.88 Å². The van der Waals surface area contributed by atoms with Crippen molar-refractivity contribution >= 4 is 5.97 Å². The molecule has 1 aliphatic heterocycles. The summed E-state index contributed by atoms with van der Waals surface area (Å²) >= 11 is 0. The van der Waals surface area contributed by atoms with Crippen molar-refractivity contribution in [3.8, 4) is 0 Å². The van der Waals surface area contributed by atoms with Crippen LogP contribution in [0.2, 0.25) is 0 Å². The monoisotopic (exact) mass is 248 g/mol. The average molecular weight is 248 g/mol. The van der Waals surface area contributed by atoms with Crippen LogP contribution in [-0.4, -0.2) is 41.6 Å². The predicted molar refractivity (Wildman–Crippen MR) is 69.2 cm³/mol. The van der Waals surface area contributed by atoms with Gasteiger partial charge in [0.1, 0.15) is 6.04 Å². The lowest BCUT2D eigenvalue weighted by Gasteiger charge is -2.22. The molecule has 1 aliphatic rings. The van der Waals surface area contributed by atoms with Gasteiger partial charge >= 0.3 is 5.97 Å². The summed E-state index contributed by atoms with van der Waals surface area (Å²) < 4.78 is 5.11. The molecule has 0 spiro atoms. The second-order valence-electron chi connectivity index (χ2n) is 4.52. The number of ether oxygens (including phenoxy) is 1. The first-order chi connectivity index (χ1) is 8.81. The molecule has 1 unspecified atom stereocenters. The fourth-order valence-electron chi connectivity index (χ4n) is 2.40. The normalized spacial score (nSPS) is 19.9. The molecule has 1 atom stereocenters. The maximum Gasteiger partial charge on any atom is 0.323 e. The number of esters is 1. The molecule has 98 valence electrons. The van der Waals surface area contributed by atoms with Gasteiger partial charge in [-0.25, -0.2) is 0 Å². The summed E-state index contributed by atoms with van der Waals surface area (Å²) in [6, 6.07) is 5.89. The molecular formula is C14H20N2O2. The smallest absolute Gasteiger partial charge is 0.323 e. The van der Waals surface area contributed by atoms with E-state index >= 15 is 0 Å². The highest BCUT2D eigenvalue weighted by Gasteiger charge is 2.31. The Kier molecular flexibility index (Phi) is 4.70. The summed E-state index contributed by atoms with van der Waals surface area (Å²) in [6.45, 7) is 4.17. The van der Waals surface area contributed by atoms with Gasteiger partial charge in [-0.1, -0.05) is 6.07 Å². The quantitative estimate of drug-likeness (QED) is 0.743. The molecule has 1 aromatic heterocycles. The van der Waals surface area contributed by atoms with Gasteiger partial charge in [-0.2, -0.15) is 0 Å². The van der Waals surface area contributed by atoms with Gasteiger partial charge in [0.25, 0.3) is 0 Å². The summed E-state index contributed by atoms with van der Waals surface area (Å²) in [5, 5.41) is 0. The van der Waals surface area contributed by atoms with Crippen molar-refractivity contribution < 1.29 is 9.53 Å². The van der Waals surface area contributed by atoms with E-state index in [0.717, 1.165) is 38.0 Å². The SMILES string of the molecule is CCOC(=O)C1CCCN1CCc1ccccn1. The summed E-state index contributed by atoms with van der Waals surface area (Å²) in [5.41, 5.74) is 1.08. The van der Waals surface area contributed by atoms with Gasteiger partial charge in [0.05, 0.1) is 6.61 Å². The minimum absolute atomic E-state index is 0.0475. The lowest BCUT2D eigenvalue weighted by molar-refractivity contribution is -0.148. The molecule has 1 aromatic rings. The van der Waals surface area contributed by atoms with Crippen LogP contribution >= 0.6 is 0 Å². The van der Waals surface area contributed by atoms with Gasteiger partial charge in [0.2, 0.25) is 0 Å². The minimum atomic E-state index is -0.0731. The van der Waals surface area contributed by atoms with Crippen LogP contribution in [0.15, 0.2) is 24.4 Å². The molecule has 4 heteroatoms. The first kappa shape index (κ1) is 13.0. The second-order valence-corrected chi connectivity index (χ2v) is 4.52. The number of pyridine rings is 1. The lowest BCUT2D eigenvalue weighted by Crippen LogP contribution is -2.38. The average Bonchev–Trinajstić information content (AvgIpc) is 2.86. The maximum absolute atomic E-state index is 11.8. The van der Waals surface area contributed by atoms with E-state index in [9.17, 15) is 4.79 Å². The third kappa shape index (κ3) is 3.29. The zero-order valence-electron chi connectivity index (χ0n) is 10.8. The van der Waals surface area contributed by atoms with Gasteiger partial charge in [0, 0.05) is 24.9 Å². The largest absolute Gasteiger partial charge is 0.465 e. The molecule has 2 rings (SSSR count). The molecule has 18 heavy (non-hydrogen) atoms. The first-order valence-corrected chi connectivity index (χ1v) is 6.62. The van der Waals surface area contributed by atoms with Crippen molar-refractivity contribution in [2.45, 2.75) is 32.2 Å². The van der Waals surface area contributed by atoms with Crippen LogP contribution in [0.25, 0.3) is 0 Å². The minimum Gasteiger partial charge on any atom is -0.465 e. The molecule has 4 nitrogen and oxygen atoms in total. The van der Waals surface area contributed by atoms with Crippen LogP contribution in [0.3, 0.4) is 0 Å².